The van der Waals surface area contributed by atoms with Gasteiger partial charge in [-0.3, -0.25) is 20.3 Å². The van der Waals surface area contributed by atoms with Gasteiger partial charge in [0.05, 0.1) is 13.2 Å². The third-order valence-corrected chi connectivity index (χ3v) is 6.84. The maximum Gasteiger partial charge on any atom is 0.238 e. The lowest BCUT2D eigenvalue weighted by Crippen LogP contribution is -2.63. The fourth-order valence-corrected chi connectivity index (χ4v) is 5.06. The van der Waals surface area contributed by atoms with Crippen molar-refractivity contribution in [2.45, 2.75) is 74.1 Å². The van der Waals surface area contributed by atoms with E-state index in [-0.39, 0.29) is 17.7 Å². The number of likely N-dealkylation sites (tertiary alicyclic amines) is 1. The van der Waals surface area contributed by atoms with E-state index in [1.165, 1.54) is 0 Å². The molecule has 3 aliphatic heterocycles. The number of amides is 1. The van der Waals surface area contributed by atoms with Crippen LogP contribution in [-0.2, 0) is 14.3 Å². The van der Waals surface area contributed by atoms with Gasteiger partial charge in [0.2, 0.25) is 5.91 Å². The van der Waals surface area contributed by atoms with Gasteiger partial charge in [0.1, 0.15) is 23.5 Å². The summed E-state index contributed by atoms with van der Waals surface area (Å²) in [4.78, 5) is 18.7. The topological polar surface area (TPSA) is 127 Å². The number of hydrogen-bond acceptors (Lipinski definition) is 8. The number of amidine groups is 1. The lowest BCUT2D eigenvalue weighted by molar-refractivity contribution is -0.188. The van der Waals surface area contributed by atoms with E-state index < -0.39 is 23.6 Å². The van der Waals surface area contributed by atoms with Crippen LogP contribution in [0.4, 0.5) is 0 Å². The molecule has 1 saturated carbocycles. The lowest BCUT2D eigenvalue weighted by atomic mass is 9.88. The minimum Gasteiger partial charge on any atom is -0.385 e. The minimum absolute atomic E-state index is 0.281. The lowest BCUT2D eigenvalue weighted by Gasteiger charge is -2.44. The summed E-state index contributed by atoms with van der Waals surface area (Å²) in [7, 11) is 0. The average Bonchev–Trinajstić information content (AvgIpc) is 3.14. The number of halogens is 1. The van der Waals surface area contributed by atoms with Crippen LogP contribution in [-0.4, -0.2) is 78.5 Å². The highest BCUT2D eigenvalue weighted by Crippen LogP contribution is 2.34. The van der Waals surface area contributed by atoms with Crippen LogP contribution in [0.25, 0.3) is 0 Å². The van der Waals surface area contributed by atoms with Gasteiger partial charge in [0.15, 0.2) is 5.79 Å². The molecular weight excluding hydrogens is 384 g/mol. The Morgan fingerprint density at radius 3 is 2.46 bits per heavy atom. The second-order valence-corrected chi connectivity index (χ2v) is 8.66. The molecule has 6 N–H and O–H groups in total. The van der Waals surface area contributed by atoms with Crippen molar-refractivity contribution in [2.24, 2.45) is 16.5 Å². The van der Waals surface area contributed by atoms with Crippen LogP contribution in [0.5, 0.6) is 0 Å². The third kappa shape index (κ3) is 4.29. The van der Waals surface area contributed by atoms with Crippen LogP contribution in [0, 0.1) is 0 Å². The maximum absolute atomic E-state index is 11.7. The van der Waals surface area contributed by atoms with Crippen molar-refractivity contribution in [3.8, 4) is 0 Å². The fraction of sp³-hybridized carbons (Fsp3) is 0.889. The number of nitrogens with two attached hydrogens (primary N) is 2. The molecule has 0 radical (unpaired) electrons. The molecule has 1 spiro atoms. The summed E-state index contributed by atoms with van der Waals surface area (Å²) in [5.41, 5.74) is 10.7. The molecule has 3 atom stereocenters. The number of carbonyl (C=O) groups excluding carboxylic acids is 1. The van der Waals surface area contributed by atoms with Crippen LogP contribution in [0.15, 0.2) is 4.99 Å². The van der Waals surface area contributed by atoms with Gasteiger partial charge in [-0.1, -0.05) is 11.6 Å². The summed E-state index contributed by atoms with van der Waals surface area (Å²) >= 11 is 6.04. The van der Waals surface area contributed by atoms with Crippen molar-refractivity contribution in [2.75, 3.05) is 26.3 Å². The standard InChI is InChI=1S/C18H31ClN6O3/c19-14-15(20)24-17(13(23-14)16(21)26)22-11-1-3-12(4-2-11)25-7-5-18(6-8-25)27-9-10-28-18/h11-14,17,22-23H,1-10H2,(H2,20,24)(H2,21,26). The molecule has 4 rings (SSSR count). The van der Waals surface area contributed by atoms with E-state index in [2.05, 4.69) is 20.5 Å². The zero-order valence-electron chi connectivity index (χ0n) is 16.1. The molecule has 0 aromatic rings. The molecule has 1 aliphatic carbocycles. The summed E-state index contributed by atoms with van der Waals surface area (Å²) < 4.78 is 11.7. The Bertz CT molecular complexity index is 596. The zero-order chi connectivity index (χ0) is 19.7. The second-order valence-electron chi connectivity index (χ2n) is 8.22. The predicted molar refractivity (Wildman–Crippen MR) is 106 cm³/mol. The first-order chi connectivity index (χ1) is 13.5. The maximum atomic E-state index is 11.7. The fourth-order valence-electron chi connectivity index (χ4n) is 4.87. The normalized spacial score (nSPS) is 39.0. The van der Waals surface area contributed by atoms with Crippen LogP contribution < -0.4 is 22.1 Å². The van der Waals surface area contributed by atoms with Gasteiger partial charge in [-0.05, 0) is 25.7 Å². The van der Waals surface area contributed by atoms with Gasteiger partial charge in [-0.15, -0.1) is 0 Å². The molecule has 3 unspecified atom stereocenters. The van der Waals surface area contributed by atoms with Crippen LogP contribution in [0.3, 0.4) is 0 Å². The first kappa shape index (κ1) is 20.3. The minimum atomic E-state index is -0.665. The molecule has 158 valence electrons. The van der Waals surface area contributed by atoms with E-state index >= 15 is 0 Å². The summed E-state index contributed by atoms with van der Waals surface area (Å²) in [6.45, 7) is 3.49. The molecule has 0 aromatic carbocycles. The van der Waals surface area contributed by atoms with Crippen LogP contribution in [0.1, 0.15) is 38.5 Å². The van der Waals surface area contributed by atoms with Crippen LogP contribution >= 0.6 is 11.6 Å². The first-order valence-corrected chi connectivity index (χ1v) is 10.7. The number of rotatable bonds is 4. The number of carbonyl (C=O) groups is 1. The van der Waals surface area contributed by atoms with E-state index in [1.54, 1.807) is 0 Å². The summed E-state index contributed by atoms with van der Waals surface area (Å²) in [6, 6.07) is 0.220. The van der Waals surface area contributed by atoms with Gasteiger partial charge >= 0.3 is 0 Å². The third-order valence-electron chi connectivity index (χ3n) is 6.49. The van der Waals surface area contributed by atoms with Gasteiger partial charge in [0, 0.05) is 38.0 Å². The van der Waals surface area contributed by atoms with E-state index in [4.69, 9.17) is 32.5 Å². The summed E-state index contributed by atoms with van der Waals surface area (Å²) in [5.74, 6) is -0.513. The van der Waals surface area contributed by atoms with E-state index in [0.29, 0.717) is 6.04 Å². The Morgan fingerprint density at radius 1 is 1.21 bits per heavy atom. The molecule has 4 aliphatic rings. The Morgan fingerprint density at radius 2 is 1.86 bits per heavy atom. The molecule has 10 heteroatoms. The molecule has 1 amide bonds. The van der Waals surface area contributed by atoms with E-state index in [1.807, 2.05) is 0 Å². The van der Waals surface area contributed by atoms with Crippen molar-refractivity contribution < 1.29 is 14.3 Å². The Labute approximate surface area is 170 Å². The monoisotopic (exact) mass is 414 g/mol. The highest BCUT2D eigenvalue weighted by atomic mass is 35.5. The summed E-state index contributed by atoms with van der Waals surface area (Å²) in [6.07, 6.45) is 5.72. The first-order valence-electron chi connectivity index (χ1n) is 10.3. The molecule has 0 aromatic heterocycles. The summed E-state index contributed by atoms with van der Waals surface area (Å²) in [5, 5.41) is 6.39. The van der Waals surface area contributed by atoms with E-state index in [9.17, 15) is 4.79 Å². The van der Waals surface area contributed by atoms with Crippen molar-refractivity contribution in [1.29, 1.82) is 0 Å². The largest absolute Gasteiger partial charge is 0.385 e. The predicted octanol–water partition coefficient (Wildman–Crippen LogP) is -0.569. The highest BCUT2D eigenvalue weighted by Gasteiger charge is 2.42. The Balaban J connectivity index is 1.27. The molecule has 2 saturated heterocycles. The molecular formula is C18H31ClN6O3. The van der Waals surface area contributed by atoms with E-state index in [0.717, 1.165) is 64.8 Å². The molecule has 3 heterocycles. The van der Waals surface area contributed by atoms with Gasteiger partial charge < -0.3 is 20.9 Å². The zero-order valence-corrected chi connectivity index (χ0v) is 16.9. The number of nitrogens with zero attached hydrogens (tertiary/aromatic N) is 2. The smallest absolute Gasteiger partial charge is 0.238 e. The average molecular weight is 415 g/mol. The Kier molecular flexibility index (Phi) is 6.10. The number of nitrogens with one attached hydrogen (secondary N) is 2. The number of ether oxygens (including phenoxy) is 2. The van der Waals surface area contributed by atoms with Crippen molar-refractivity contribution >= 4 is 23.3 Å². The quantitative estimate of drug-likeness (QED) is 0.358. The van der Waals surface area contributed by atoms with Gasteiger partial charge in [-0.2, -0.15) is 0 Å². The second kappa shape index (κ2) is 8.41. The van der Waals surface area contributed by atoms with Gasteiger partial charge in [-0.25, -0.2) is 4.99 Å². The van der Waals surface area contributed by atoms with Crippen molar-refractivity contribution in [3.63, 3.8) is 0 Å². The van der Waals surface area contributed by atoms with Gasteiger partial charge in [0.25, 0.3) is 0 Å². The number of aliphatic imine (C=N–C) groups is 1. The number of primary amides is 1. The SMILES string of the molecule is NC(=O)C1NC(Cl)C(N)=NC1NC1CCC(N2CCC3(CC2)OCCO3)CC1. The Hall–Kier alpha value is -0.970. The number of piperidine rings is 1. The van der Waals surface area contributed by atoms with Crippen molar-refractivity contribution in [3.05, 3.63) is 0 Å². The molecule has 0 bridgehead atoms. The molecule has 9 nitrogen and oxygen atoms in total. The van der Waals surface area contributed by atoms with Crippen LogP contribution in [0.2, 0.25) is 0 Å². The number of alkyl halides is 1. The molecule has 3 fully saturated rings. The molecule has 28 heavy (non-hydrogen) atoms. The number of hydrogen-bond donors (Lipinski definition) is 4. The highest BCUT2D eigenvalue weighted by molar-refractivity contribution is 6.31. The van der Waals surface area contributed by atoms with Crippen molar-refractivity contribution in [1.82, 2.24) is 15.5 Å².